The second kappa shape index (κ2) is 5.27. The minimum Gasteiger partial charge on any atom is -0.382 e. The molecule has 2 fully saturated rings. The van der Waals surface area contributed by atoms with Gasteiger partial charge in [0.25, 0.3) is 5.91 Å². The lowest BCUT2D eigenvalue weighted by atomic mass is 9.99. The van der Waals surface area contributed by atoms with E-state index in [0.717, 1.165) is 12.2 Å². The Morgan fingerprint density at radius 2 is 2.35 bits per heavy atom. The number of nitrogens with zero attached hydrogens (tertiary/aromatic N) is 1. The third kappa shape index (κ3) is 2.42. The molecule has 2 heterocycles. The number of rotatable bonds is 5. The van der Waals surface area contributed by atoms with E-state index in [4.69, 9.17) is 4.74 Å². The summed E-state index contributed by atoms with van der Waals surface area (Å²) in [7, 11) is 0. The average molecular weight is 258 g/mol. The van der Waals surface area contributed by atoms with E-state index in [9.17, 15) is 9.59 Å². The predicted molar refractivity (Wildman–Crippen MR) is 66.0 cm³/mol. The van der Waals surface area contributed by atoms with E-state index >= 15 is 0 Å². The number of hydrogen-bond donors (Lipinski definition) is 1. The maximum absolute atomic E-state index is 12.2. The predicted octanol–water partition coefficient (Wildman–Crippen LogP) is 0.841. The van der Waals surface area contributed by atoms with Crippen molar-refractivity contribution in [3.05, 3.63) is 0 Å². The molecular weight excluding hydrogens is 240 g/mol. The number of thioether (sulfide) groups is 1. The number of carbonyl (C=O) groups is 2. The molecule has 2 aliphatic rings. The van der Waals surface area contributed by atoms with Gasteiger partial charge in [-0.05, 0) is 25.5 Å². The van der Waals surface area contributed by atoms with E-state index < -0.39 is 5.54 Å². The van der Waals surface area contributed by atoms with Crippen LogP contribution < -0.4 is 5.32 Å². The molecule has 0 aromatic rings. The summed E-state index contributed by atoms with van der Waals surface area (Å²) in [6.07, 6.45) is 1.46. The van der Waals surface area contributed by atoms with Gasteiger partial charge in [-0.15, -0.1) is 0 Å². The van der Waals surface area contributed by atoms with Gasteiger partial charge in [-0.25, -0.2) is 4.79 Å². The number of urea groups is 1. The van der Waals surface area contributed by atoms with Crippen LogP contribution in [-0.2, 0) is 9.53 Å². The highest BCUT2D eigenvalue weighted by atomic mass is 32.2. The molecule has 2 saturated heterocycles. The summed E-state index contributed by atoms with van der Waals surface area (Å²) in [5, 5.41) is 2.85. The highest BCUT2D eigenvalue weighted by Crippen LogP contribution is 2.33. The van der Waals surface area contributed by atoms with Crippen molar-refractivity contribution < 1.29 is 14.3 Å². The molecule has 1 atom stereocenters. The molecule has 5 nitrogen and oxygen atoms in total. The van der Waals surface area contributed by atoms with Crippen LogP contribution >= 0.6 is 11.8 Å². The fourth-order valence-electron chi connectivity index (χ4n) is 2.18. The van der Waals surface area contributed by atoms with Gasteiger partial charge in [0.05, 0.1) is 0 Å². The van der Waals surface area contributed by atoms with Crippen LogP contribution in [0.25, 0.3) is 0 Å². The van der Waals surface area contributed by atoms with Crippen molar-refractivity contribution in [1.82, 2.24) is 10.2 Å². The fraction of sp³-hybridized carbons (Fsp3) is 0.818. The van der Waals surface area contributed by atoms with Crippen molar-refractivity contribution in [2.24, 2.45) is 0 Å². The van der Waals surface area contributed by atoms with E-state index in [1.54, 1.807) is 11.8 Å². The van der Waals surface area contributed by atoms with Crippen LogP contribution in [0.5, 0.6) is 0 Å². The van der Waals surface area contributed by atoms with Gasteiger partial charge >= 0.3 is 6.03 Å². The van der Waals surface area contributed by atoms with Gasteiger partial charge in [-0.2, -0.15) is 11.8 Å². The Labute approximate surface area is 105 Å². The van der Waals surface area contributed by atoms with E-state index in [-0.39, 0.29) is 11.9 Å². The molecule has 0 aliphatic carbocycles. The number of nitrogens with one attached hydrogen (secondary N) is 1. The first-order valence-corrected chi connectivity index (χ1v) is 7.15. The molecule has 1 spiro atoms. The van der Waals surface area contributed by atoms with Gasteiger partial charge in [0.15, 0.2) is 0 Å². The SMILES string of the molecule is CCOCCCN1C(=O)N[C@]2(CCSC2)C1=O. The summed E-state index contributed by atoms with van der Waals surface area (Å²) in [5.41, 5.74) is -0.604. The smallest absolute Gasteiger partial charge is 0.325 e. The minimum atomic E-state index is -0.604. The molecule has 0 aromatic carbocycles. The highest BCUT2D eigenvalue weighted by Gasteiger charge is 2.52. The molecule has 2 aliphatic heterocycles. The largest absolute Gasteiger partial charge is 0.382 e. The molecule has 0 aromatic heterocycles. The van der Waals surface area contributed by atoms with Crippen molar-refractivity contribution in [2.75, 3.05) is 31.3 Å². The lowest BCUT2D eigenvalue weighted by molar-refractivity contribution is -0.130. The summed E-state index contributed by atoms with van der Waals surface area (Å²) in [6, 6.07) is -0.242. The van der Waals surface area contributed by atoms with Crippen molar-refractivity contribution in [1.29, 1.82) is 0 Å². The van der Waals surface area contributed by atoms with Gasteiger partial charge in [0.1, 0.15) is 5.54 Å². The topological polar surface area (TPSA) is 58.6 Å². The Kier molecular flexibility index (Phi) is 3.93. The van der Waals surface area contributed by atoms with Crippen molar-refractivity contribution in [2.45, 2.75) is 25.3 Å². The zero-order valence-electron chi connectivity index (χ0n) is 10.0. The summed E-state index contributed by atoms with van der Waals surface area (Å²) in [5.74, 6) is 1.60. The van der Waals surface area contributed by atoms with E-state index in [2.05, 4.69) is 5.32 Å². The number of imide groups is 1. The summed E-state index contributed by atoms with van der Waals surface area (Å²) >= 11 is 1.72. The van der Waals surface area contributed by atoms with E-state index in [1.807, 2.05) is 6.92 Å². The fourth-order valence-corrected chi connectivity index (χ4v) is 3.51. The van der Waals surface area contributed by atoms with Crippen LogP contribution in [0.3, 0.4) is 0 Å². The molecule has 96 valence electrons. The van der Waals surface area contributed by atoms with Crippen LogP contribution in [0.15, 0.2) is 0 Å². The Hall–Kier alpha value is -0.750. The lowest BCUT2D eigenvalue weighted by Crippen LogP contribution is -2.47. The Morgan fingerprint density at radius 3 is 3.00 bits per heavy atom. The van der Waals surface area contributed by atoms with Crippen LogP contribution in [0.4, 0.5) is 4.79 Å². The zero-order valence-corrected chi connectivity index (χ0v) is 10.8. The number of amides is 3. The lowest BCUT2D eigenvalue weighted by Gasteiger charge is -2.19. The molecule has 3 amide bonds. The Balaban J connectivity index is 1.90. The number of ether oxygens (including phenoxy) is 1. The normalized spacial score (nSPS) is 28.2. The minimum absolute atomic E-state index is 0.0519. The zero-order chi connectivity index (χ0) is 12.3. The molecule has 17 heavy (non-hydrogen) atoms. The highest BCUT2D eigenvalue weighted by molar-refractivity contribution is 7.99. The quantitative estimate of drug-likeness (QED) is 0.586. The molecular formula is C11H18N2O3S. The third-order valence-electron chi connectivity index (χ3n) is 3.14. The first-order chi connectivity index (χ1) is 8.19. The maximum Gasteiger partial charge on any atom is 0.325 e. The van der Waals surface area contributed by atoms with Crippen molar-refractivity contribution >= 4 is 23.7 Å². The molecule has 6 heteroatoms. The number of carbonyl (C=O) groups excluding carboxylic acids is 2. The van der Waals surface area contributed by atoms with Crippen LogP contribution in [0, 0.1) is 0 Å². The van der Waals surface area contributed by atoms with Gasteiger partial charge in [0.2, 0.25) is 0 Å². The molecule has 0 radical (unpaired) electrons. The van der Waals surface area contributed by atoms with E-state index in [1.165, 1.54) is 4.90 Å². The summed E-state index contributed by atoms with van der Waals surface area (Å²) < 4.78 is 5.21. The van der Waals surface area contributed by atoms with Crippen LogP contribution in [-0.4, -0.2) is 53.6 Å². The molecule has 0 bridgehead atoms. The Bertz CT molecular complexity index is 316. The summed E-state index contributed by atoms with van der Waals surface area (Å²) in [4.78, 5) is 25.3. The molecule has 2 rings (SSSR count). The second-order valence-corrected chi connectivity index (χ2v) is 5.43. The Morgan fingerprint density at radius 1 is 1.53 bits per heavy atom. The summed E-state index contributed by atoms with van der Waals surface area (Å²) in [6.45, 7) is 3.64. The first-order valence-electron chi connectivity index (χ1n) is 5.99. The number of hydrogen-bond acceptors (Lipinski definition) is 4. The monoisotopic (exact) mass is 258 g/mol. The maximum atomic E-state index is 12.2. The van der Waals surface area contributed by atoms with Crippen LogP contribution in [0.1, 0.15) is 19.8 Å². The van der Waals surface area contributed by atoms with Crippen molar-refractivity contribution in [3.8, 4) is 0 Å². The molecule has 0 unspecified atom stereocenters. The molecule has 0 saturated carbocycles. The van der Waals surface area contributed by atoms with Gasteiger partial charge < -0.3 is 10.1 Å². The first kappa shape index (κ1) is 12.7. The van der Waals surface area contributed by atoms with Gasteiger partial charge in [-0.3, -0.25) is 9.69 Å². The van der Waals surface area contributed by atoms with Crippen LogP contribution in [0.2, 0.25) is 0 Å². The van der Waals surface area contributed by atoms with Crippen molar-refractivity contribution in [3.63, 3.8) is 0 Å². The van der Waals surface area contributed by atoms with E-state index in [0.29, 0.717) is 31.9 Å². The molecule has 1 N–H and O–H groups in total. The third-order valence-corrected chi connectivity index (χ3v) is 4.33. The van der Waals surface area contributed by atoms with Gasteiger partial charge in [-0.1, -0.05) is 0 Å². The standard InChI is InChI=1S/C11H18N2O3S/c1-2-16-6-3-5-13-9(14)11(12-10(13)15)4-7-17-8-11/h2-8H2,1H3,(H,12,15)/t11-/m0/s1. The average Bonchev–Trinajstić information content (AvgIpc) is 2.85. The van der Waals surface area contributed by atoms with Gasteiger partial charge in [0, 0.05) is 25.5 Å². The second-order valence-electron chi connectivity index (χ2n) is 4.32.